The van der Waals surface area contributed by atoms with Gasteiger partial charge in [-0.1, -0.05) is 60.3 Å². The Morgan fingerprint density at radius 1 is 1.06 bits per heavy atom. The first-order valence-corrected chi connectivity index (χ1v) is 7.96. The summed E-state index contributed by atoms with van der Waals surface area (Å²) in [4.78, 5) is 0. The summed E-state index contributed by atoms with van der Waals surface area (Å²) in [5.41, 5.74) is 0. The Hall–Kier alpha value is -0.0400. The van der Waals surface area contributed by atoms with E-state index in [9.17, 15) is 0 Å². The van der Waals surface area contributed by atoms with Crippen molar-refractivity contribution in [1.29, 1.82) is 0 Å². The largest absolute Gasteiger partial charge is 0.316 e. The van der Waals surface area contributed by atoms with Crippen LogP contribution in [-0.2, 0) is 0 Å². The Morgan fingerprint density at radius 2 is 1.59 bits per heavy atom. The zero-order valence-corrected chi connectivity index (χ0v) is 12.9. The second-order valence-corrected chi connectivity index (χ2v) is 5.47. The van der Waals surface area contributed by atoms with Gasteiger partial charge in [0, 0.05) is 1.43 Å². The van der Waals surface area contributed by atoms with Gasteiger partial charge in [0.15, 0.2) is 0 Å². The zero-order valence-electron chi connectivity index (χ0n) is 12.9. The molecule has 1 saturated carbocycles. The third-order valence-electron chi connectivity index (χ3n) is 4.16. The van der Waals surface area contributed by atoms with Crippen molar-refractivity contribution >= 4 is 0 Å². The molecule has 0 saturated heterocycles. The minimum atomic E-state index is 0. The lowest BCUT2D eigenvalue weighted by molar-refractivity contribution is 0.276. The van der Waals surface area contributed by atoms with Crippen LogP contribution < -0.4 is 5.32 Å². The van der Waals surface area contributed by atoms with Crippen molar-refractivity contribution < 1.29 is 1.43 Å². The van der Waals surface area contributed by atoms with E-state index in [1.54, 1.807) is 0 Å². The Labute approximate surface area is 111 Å². The third kappa shape index (κ3) is 7.81. The van der Waals surface area contributed by atoms with E-state index in [-0.39, 0.29) is 1.43 Å². The lowest BCUT2D eigenvalue weighted by Crippen LogP contribution is -2.29. The Balaban J connectivity index is 0. The molecular formula is C16H37N. The maximum absolute atomic E-state index is 3.67. The highest BCUT2D eigenvalue weighted by Gasteiger charge is 2.17. The molecule has 0 unspecified atom stereocenters. The summed E-state index contributed by atoms with van der Waals surface area (Å²) in [6, 6.07) is 0. The van der Waals surface area contributed by atoms with Gasteiger partial charge in [-0.2, -0.15) is 0 Å². The van der Waals surface area contributed by atoms with Crippen molar-refractivity contribution in [3.63, 3.8) is 0 Å². The van der Waals surface area contributed by atoms with Gasteiger partial charge in [-0.3, -0.25) is 0 Å². The summed E-state index contributed by atoms with van der Waals surface area (Å²) >= 11 is 0. The van der Waals surface area contributed by atoms with E-state index in [4.69, 9.17) is 0 Å². The number of nitrogens with one attached hydrogen (secondary N) is 1. The van der Waals surface area contributed by atoms with Gasteiger partial charge in [-0.15, -0.1) is 0 Å². The van der Waals surface area contributed by atoms with Gasteiger partial charge >= 0.3 is 0 Å². The van der Waals surface area contributed by atoms with Crippen LogP contribution in [0.3, 0.4) is 0 Å². The van der Waals surface area contributed by atoms with Gasteiger partial charge in [0.05, 0.1) is 0 Å². The second kappa shape index (κ2) is 11.1. The fourth-order valence-electron chi connectivity index (χ4n) is 2.60. The summed E-state index contributed by atoms with van der Waals surface area (Å²) in [5.74, 6) is 2.85. The molecule has 0 atom stereocenters. The van der Waals surface area contributed by atoms with Crippen LogP contribution in [0.2, 0.25) is 0 Å². The molecule has 0 aromatic rings. The van der Waals surface area contributed by atoms with Gasteiger partial charge in [0.25, 0.3) is 0 Å². The quantitative estimate of drug-likeness (QED) is 0.683. The van der Waals surface area contributed by atoms with Crippen molar-refractivity contribution in [2.75, 3.05) is 13.1 Å². The Bertz CT molecular complexity index is 149. The topological polar surface area (TPSA) is 12.0 Å². The van der Waals surface area contributed by atoms with Gasteiger partial charge in [0.1, 0.15) is 0 Å². The number of rotatable bonds is 6. The predicted molar refractivity (Wildman–Crippen MR) is 81.5 cm³/mol. The van der Waals surface area contributed by atoms with Gasteiger partial charge in [0.2, 0.25) is 0 Å². The highest BCUT2D eigenvalue weighted by Crippen LogP contribution is 2.27. The lowest BCUT2D eigenvalue weighted by atomic mass is 9.83. The number of hydrogen-bond acceptors (Lipinski definition) is 1. The van der Waals surface area contributed by atoms with Gasteiger partial charge < -0.3 is 5.32 Å². The molecule has 1 fully saturated rings. The van der Waals surface area contributed by atoms with Crippen LogP contribution in [0.5, 0.6) is 0 Å². The van der Waals surface area contributed by atoms with Crippen molar-refractivity contribution in [3.05, 3.63) is 0 Å². The SMILES string of the molecule is CC.CCC(CC)CNCC1CCC(C)CC1.[HH]. The molecule has 0 aliphatic heterocycles. The summed E-state index contributed by atoms with van der Waals surface area (Å²) in [7, 11) is 0. The molecule has 0 aromatic carbocycles. The predicted octanol–water partition coefficient (Wildman–Crippen LogP) is 5.11. The summed E-state index contributed by atoms with van der Waals surface area (Å²) in [6.07, 6.45) is 8.47. The van der Waals surface area contributed by atoms with Crippen molar-refractivity contribution in [3.8, 4) is 0 Å². The first-order valence-electron chi connectivity index (χ1n) is 7.96. The standard InChI is InChI=1S/C14H29N.C2H6.H2/c1-4-13(5-2)10-15-11-14-8-6-12(3)7-9-14;1-2;/h12-15H,4-11H2,1-3H3;1-2H3;1H. The molecule has 0 heterocycles. The molecule has 0 aromatic heterocycles. The van der Waals surface area contributed by atoms with E-state index in [2.05, 4.69) is 26.1 Å². The summed E-state index contributed by atoms with van der Waals surface area (Å²) in [6.45, 7) is 13.5. The van der Waals surface area contributed by atoms with E-state index in [0.717, 1.165) is 17.8 Å². The van der Waals surface area contributed by atoms with Crippen LogP contribution >= 0.6 is 0 Å². The first kappa shape index (κ1) is 17.0. The van der Waals surface area contributed by atoms with E-state index in [1.165, 1.54) is 51.6 Å². The van der Waals surface area contributed by atoms with Crippen LogP contribution in [0, 0.1) is 17.8 Å². The fourth-order valence-corrected chi connectivity index (χ4v) is 2.60. The molecule has 1 aliphatic carbocycles. The minimum absolute atomic E-state index is 0. The number of hydrogen-bond donors (Lipinski definition) is 1. The minimum Gasteiger partial charge on any atom is -0.316 e. The molecule has 1 aliphatic rings. The molecule has 1 rings (SSSR count). The van der Waals surface area contributed by atoms with Crippen molar-refractivity contribution in [2.24, 2.45) is 17.8 Å². The summed E-state index contributed by atoms with van der Waals surface area (Å²) < 4.78 is 0. The highest BCUT2D eigenvalue weighted by molar-refractivity contribution is 4.72. The van der Waals surface area contributed by atoms with E-state index in [1.807, 2.05) is 13.8 Å². The third-order valence-corrected chi connectivity index (χ3v) is 4.16. The molecule has 0 spiro atoms. The molecule has 17 heavy (non-hydrogen) atoms. The van der Waals surface area contributed by atoms with Crippen LogP contribution in [-0.4, -0.2) is 13.1 Å². The molecule has 0 amide bonds. The van der Waals surface area contributed by atoms with Crippen LogP contribution in [0.4, 0.5) is 0 Å². The summed E-state index contributed by atoms with van der Waals surface area (Å²) in [5, 5.41) is 3.67. The molecule has 1 heteroatoms. The van der Waals surface area contributed by atoms with Crippen LogP contribution in [0.1, 0.15) is 74.6 Å². The zero-order chi connectivity index (χ0) is 13.1. The van der Waals surface area contributed by atoms with Gasteiger partial charge in [-0.05, 0) is 43.7 Å². The fraction of sp³-hybridized carbons (Fsp3) is 1.00. The van der Waals surface area contributed by atoms with E-state index >= 15 is 0 Å². The van der Waals surface area contributed by atoms with E-state index in [0.29, 0.717) is 0 Å². The molecular weight excluding hydrogens is 206 g/mol. The lowest BCUT2D eigenvalue weighted by Gasteiger charge is -2.27. The Kier molecular flexibility index (Phi) is 11.0. The monoisotopic (exact) mass is 243 g/mol. The maximum Gasteiger partial charge on any atom is 0 e. The smallest absolute Gasteiger partial charge is 0 e. The molecule has 106 valence electrons. The van der Waals surface area contributed by atoms with Crippen LogP contribution in [0.25, 0.3) is 0 Å². The normalized spacial score (nSPS) is 24.4. The van der Waals surface area contributed by atoms with Crippen molar-refractivity contribution in [2.45, 2.75) is 73.1 Å². The maximum atomic E-state index is 3.67. The van der Waals surface area contributed by atoms with Gasteiger partial charge in [-0.25, -0.2) is 0 Å². The molecule has 0 bridgehead atoms. The van der Waals surface area contributed by atoms with Crippen molar-refractivity contribution in [1.82, 2.24) is 5.32 Å². The highest BCUT2D eigenvalue weighted by atomic mass is 14.9. The molecule has 1 nitrogen and oxygen atoms in total. The second-order valence-electron chi connectivity index (χ2n) is 5.47. The average Bonchev–Trinajstić information content (AvgIpc) is 2.39. The molecule has 1 N–H and O–H groups in total. The first-order chi connectivity index (χ1) is 8.26. The van der Waals surface area contributed by atoms with Crippen LogP contribution in [0.15, 0.2) is 0 Å². The average molecular weight is 243 g/mol. The molecule has 0 radical (unpaired) electrons. The van der Waals surface area contributed by atoms with E-state index < -0.39 is 0 Å². The Morgan fingerprint density at radius 3 is 2.06 bits per heavy atom.